The van der Waals surface area contributed by atoms with E-state index in [0.29, 0.717) is 0 Å². The standard InChI is InChI=1S/C16H20F5NO4/c1-16(24,5-6-17)8-13(23)22-12(9-25-14(18)19)10-3-2-4-11(7-10)26-15(20)21/h2-4,7,12,14-15,24H,5-6,8-9H2,1H3,(H,22,23)/t12-,16?/m0/s1. The lowest BCUT2D eigenvalue weighted by atomic mass is 9.98. The molecule has 0 aliphatic rings. The van der Waals surface area contributed by atoms with Crippen LogP contribution < -0.4 is 10.1 Å². The molecule has 0 aliphatic carbocycles. The summed E-state index contributed by atoms with van der Waals surface area (Å²) in [6.07, 6.45) is -0.758. The molecular weight excluding hydrogens is 365 g/mol. The quantitative estimate of drug-likeness (QED) is 0.574. The van der Waals surface area contributed by atoms with E-state index in [1.165, 1.54) is 25.1 Å². The van der Waals surface area contributed by atoms with Crippen molar-refractivity contribution < 1.29 is 41.3 Å². The lowest BCUT2D eigenvalue weighted by Gasteiger charge is -2.24. The van der Waals surface area contributed by atoms with Crippen LogP contribution in [0.1, 0.15) is 31.4 Å². The van der Waals surface area contributed by atoms with Gasteiger partial charge in [0, 0.05) is 6.42 Å². The van der Waals surface area contributed by atoms with Crippen LogP contribution in [-0.2, 0) is 9.53 Å². The van der Waals surface area contributed by atoms with Gasteiger partial charge >= 0.3 is 13.2 Å². The first-order valence-corrected chi connectivity index (χ1v) is 7.65. The molecule has 0 spiro atoms. The van der Waals surface area contributed by atoms with Crippen molar-refractivity contribution >= 4 is 5.91 Å². The molecule has 0 saturated carbocycles. The smallest absolute Gasteiger partial charge is 0.387 e. The van der Waals surface area contributed by atoms with E-state index in [0.717, 1.165) is 6.07 Å². The number of carbonyl (C=O) groups is 1. The van der Waals surface area contributed by atoms with Gasteiger partial charge in [-0.05, 0) is 24.6 Å². The molecule has 1 aromatic rings. The van der Waals surface area contributed by atoms with E-state index in [1.807, 2.05) is 0 Å². The van der Waals surface area contributed by atoms with E-state index in [4.69, 9.17) is 0 Å². The van der Waals surface area contributed by atoms with Crippen LogP contribution in [0.25, 0.3) is 0 Å². The maximum atomic E-state index is 12.4. The Morgan fingerprint density at radius 1 is 1.27 bits per heavy atom. The van der Waals surface area contributed by atoms with E-state index in [2.05, 4.69) is 14.8 Å². The van der Waals surface area contributed by atoms with Crippen molar-refractivity contribution in [3.63, 3.8) is 0 Å². The molecule has 1 unspecified atom stereocenters. The Balaban J connectivity index is 2.89. The van der Waals surface area contributed by atoms with Gasteiger partial charge in [0.1, 0.15) is 5.75 Å². The Bertz CT molecular complexity index is 571. The van der Waals surface area contributed by atoms with Gasteiger partial charge in [-0.25, -0.2) is 0 Å². The van der Waals surface area contributed by atoms with Crippen LogP contribution in [0.15, 0.2) is 24.3 Å². The molecule has 0 radical (unpaired) electrons. The summed E-state index contributed by atoms with van der Waals surface area (Å²) in [7, 11) is 0. The molecule has 5 nitrogen and oxygen atoms in total. The first-order chi connectivity index (χ1) is 12.1. The molecule has 10 heteroatoms. The maximum absolute atomic E-state index is 12.4. The summed E-state index contributed by atoms with van der Waals surface area (Å²) in [4.78, 5) is 12.0. The van der Waals surface area contributed by atoms with Gasteiger partial charge in [0.2, 0.25) is 5.91 Å². The number of nitrogens with one attached hydrogen (secondary N) is 1. The fourth-order valence-corrected chi connectivity index (χ4v) is 2.18. The van der Waals surface area contributed by atoms with Crippen molar-refractivity contribution in [1.82, 2.24) is 5.32 Å². The predicted octanol–water partition coefficient (Wildman–Crippen LogP) is 3.19. The molecule has 148 valence electrons. The van der Waals surface area contributed by atoms with Crippen molar-refractivity contribution in [2.75, 3.05) is 13.3 Å². The molecule has 2 atom stereocenters. The van der Waals surface area contributed by atoms with Gasteiger partial charge in [0.15, 0.2) is 0 Å². The third-order valence-corrected chi connectivity index (χ3v) is 3.38. The second kappa shape index (κ2) is 10.3. The number of hydrogen-bond acceptors (Lipinski definition) is 4. The highest BCUT2D eigenvalue weighted by molar-refractivity contribution is 5.77. The molecule has 0 aromatic heterocycles. The van der Waals surface area contributed by atoms with Crippen LogP contribution in [-0.4, -0.2) is 43.1 Å². The summed E-state index contributed by atoms with van der Waals surface area (Å²) < 4.78 is 70.0. The number of aliphatic hydroxyl groups is 1. The van der Waals surface area contributed by atoms with Gasteiger partial charge in [-0.15, -0.1) is 0 Å². The van der Waals surface area contributed by atoms with Gasteiger partial charge in [0.05, 0.1) is 31.3 Å². The van der Waals surface area contributed by atoms with Crippen LogP contribution in [0, 0.1) is 0 Å². The summed E-state index contributed by atoms with van der Waals surface area (Å²) in [5.74, 6) is -0.968. The number of alkyl halides is 5. The Kier molecular flexibility index (Phi) is 8.73. The van der Waals surface area contributed by atoms with Gasteiger partial charge < -0.3 is 19.9 Å². The number of ether oxygens (including phenoxy) is 2. The normalized spacial score (nSPS) is 15.0. The van der Waals surface area contributed by atoms with E-state index in [-0.39, 0.29) is 17.7 Å². The minimum Gasteiger partial charge on any atom is -0.435 e. The van der Waals surface area contributed by atoms with Gasteiger partial charge in [0.25, 0.3) is 0 Å². The van der Waals surface area contributed by atoms with Crippen molar-refractivity contribution in [3.05, 3.63) is 29.8 Å². The van der Waals surface area contributed by atoms with Gasteiger partial charge in [-0.3, -0.25) is 9.18 Å². The highest BCUT2D eigenvalue weighted by atomic mass is 19.3. The van der Waals surface area contributed by atoms with Crippen LogP contribution in [0.4, 0.5) is 22.0 Å². The summed E-state index contributed by atoms with van der Waals surface area (Å²) in [6.45, 7) is -6.41. The van der Waals surface area contributed by atoms with E-state index < -0.39 is 50.5 Å². The van der Waals surface area contributed by atoms with Crippen molar-refractivity contribution in [2.24, 2.45) is 0 Å². The van der Waals surface area contributed by atoms with Crippen molar-refractivity contribution in [3.8, 4) is 5.75 Å². The lowest BCUT2D eigenvalue weighted by Crippen LogP contribution is -2.38. The Labute approximate surface area is 147 Å². The number of benzene rings is 1. The summed E-state index contributed by atoms with van der Waals surface area (Å²) in [6, 6.07) is 4.00. The SMILES string of the molecule is CC(O)(CCF)CC(=O)N[C@@H](COC(F)F)c1cccc(OC(F)F)c1. The average Bonchev–Trinajstić information content (AvgIpc) is 2.50. The lowest BCUT2D eigenvalue weighted by molar-refractivity contribution is -0.140. The molecule has 2 N–H and O–H groups in total. The second-order valence-corrected chi connectivity index (χ2v) is 5.78. The Hall–Kier alpha value is -1.94. The topological polar surface area (TPSA) is 67.8 Å². The van der Waals surface area contributed by atoms with Crippen molar-refractivity contribution in [2.45, 2.75) is 44.6 Å². The van der Waals surface area contributed by atoms with Crippen LogP contribution in [0.5, 0.6) is 5.75 Å². The van der Waals surface area contributed by atoms with E-state index >= 15 is 0 Å². The molecular formula is C16H20F5NO4. The van der Waals surface area contributed by atoms with Gasteiger partial charge in [-0.1, -0.05) is 12.1 Å². The summed E-state index contributed by atoms with van der Waals surface area (Å²) in [5.41, 5.74) is -1.43. The zero-order chi connectivity index (χ0) is 19.7. The molecule has 0 aliphatic heterocycles. The molecule has 26 heavy (non-hydrogen) atoms. The molecule has 1 rings (SSSR count). The molecule has 0 heterocycles. The molecule has 0 bridgehead atoms. The predicted molar refractivity (Wildman–Crippen MR) is 81.7 cm³/mol. The number of rotatable bonds is 11. The van der Waals surface area contributed by atoms with Crippen LogP contribution in [0.3, 0.4) is 0 Å². The number of amides is 1. The van der Waals surface area contributed by atoms with Crippen LogP contribution in [0.2, 0.25) is 0 Å². The maximum Gasteiger partial charge on any atom is 0.387 e. The average molecular weight is 385 g/mol. The monoisotopic (exact) mass is 385 g/mol. The van der Waals surface area contributed by atoms with Crippen LogP contribution >= 0.6 is 0 Å². The Morgan fingerprint density at radius 3 is 2.54 bits per heavy atom. The molecule has 0 saturated heterocycles. The van der Waals surface area contributed by atoms with Gasteiger partial charge in [-0.2, -0.15) is 17.6 Å². The zero-order valence-corrected chi connectivity index (χ0v) is 13.9. The summed E-state index contributed by atoms with van der Waals surface area (Å²) >= 11 is 0. The highest BCUT2D eigenvalue weighted by Gasteiger charge is 2.26. The van der Waals surface area contributed by atoms with E-state index in [1.54, 1.807) is 0 Å². The third-order valence-electron chi connectivity index (χ3n) is 3.38. The molecule has 1 amide bonds. The Morgan fingerprint density at radius 2 is 1.96 bits per heavy atom. The van der Waals surface area contributed by atoms with Crippen molar-refractivity contribution in [1.29, 1.82) is 0 Å². The second-order valence-electron chi connectivity index (χ2n) is 5.78. The molecule has 0 fully saturated rings. The first-order valence-electron chi connectivity index (χ1n) is 7.65. The minimum absolute atomic E-state index is 0.183. The third kappa shape index (κ3) is 8.43. The fraction of sp³-hybridized carbons (Fsp3) is 0.562. The minimum atomic E-state index is -3.11. The summed E-state index contributed by atoms with van der Waals surface area (Å²) in [5, 5.41) is 12.2. The number of carbonyl (C=O) groups excluding carboxylic acids is 1. The first kappa shape index (κ1) is 22.1. The van der Waals surface area contributed by atoms with E-state index in [9.17, 15) is 31.9 Å². The largest absolute Gasteiger partial charge is 0.435 e. The highest BCUT2D eigenvalue weighted by Crippen LogP contribution is 2.23. The number of hydrogen-bond donors (Lipinski definition) is 2. The molecule has 1 aromatic carbocycles. The number of halogens is 5. The fourth-order valence-electron chi connectivity index (χ4n) is 2.18. The zero-order valence-electron chi connectivity index (χ0n) is 13.9.